The SMILES string of the molecule is CC(C)(C)c1ccccc1Nc1ccnc(NCc2ccccn2)n1. The maximum Gasteiger partial charge on any atom is 0.224 e. The van der Waals surface area contributed by atoms with Gasteiger partial charge in [-0.3, -0.25) is 4.98 Å². The van der Waals surface area contributed by atoms with Crippen molar-refractivity contribution in [1.29, 1.82) is 0 Å². The Hall–Kier alpha value is -2.95. The number of hydrogen-bond acceptors (Lipinski definition) is 5. The van der Waals surface area contributed by atoms with E-state index in [0.717, 1.165) is 17.2 Å². The number of benzene rings is 1. The number of pyridine rings is 1. The van der Waals surface area contributed by atoms with E-state index >= 15 is 0 Å². The summed E-state index contributed by atoms with van der Waals surface area (Å²) in [6, 6.07) is 16.0. The fourth-order valence-electron chi connectivity index (χ4n) is 2.57. The fourth-order valence-corrected chi connectivity index (χ4v) is 2.57. The van der Waals surface area contributed by atoms with Crippen LogP contribution >= 0.6 is 0 Å². The Morgan fingerprint density at radius 2 is 1.68 bits per heavy atom. The Bertz CT molecular complexity index is 825. The topological polar surface area (TPSA) is 62.7 Å². The number of hydrogen-bond donors (Lipinski definition) is 2. The third kappa shape index (κ3) is 4.53. The molecule has 0 unspecified atom stereocenters. The van der Waals surface area contributed by atoms with Crippen LogP contribution in [0, 0.1) is 0 Å². The van der Waals surface area contributed by atoms with Crippen LogP contribution in [0.1, 0.15) is 32.0 Å². The Kier molecular flexibility index (Phi) is 4.93. The first-order valence-corrected chi connectivity index (χ1v) is 8.36. The van der Waals surface area contributed by atoms with Crippen LogP contribution in [-0.4, -0.2) is 15.0 Å². The molecule has 0 aliphatic carbocycles. The molecule has 0 radical (unpaired) electrons. The summed E-state index contributed by atoms with van der Waals surface area (Å²) in [6.45, 7) is 7.19. The number of para-hydroxylation sites is 1. The van der Waals surface area contributed by atoms with E-state index in [-0.39, 0.29) is 5.41 Å². The van der Waals surface area contributed by atoms with Gasteiger partial charge < -0.3 is 10.6 Å². The third-order valence-corrected chi connectivity index (χ3v) is 3.81. The lowest BCUT2D eigenvalue weighted by Gasteiger charge is -2.23. The normalized spacial score (nSPS) is 11.2. The average molecular weight is 333 g/mol. The molecule has 3 aromatic rings. The Morgan fingerprint density at radius 3 is 2.44 bits per heavy atom. The number of anilines is 3. The summed E-state index contributed by atoms with van der Waals surface area (Å²) in [5.41, 5.74) is 3.31. The molecule has 2 aromatic heterocycles. The molecule has 25 heavy (non-hydrogen) atoms. The first-order valence-electron chi connectivity index (χ1n) is 8.36. The summed E-state index contributed by atoms with van der Waals surface area (Å²) in [6.07, 6.45) is 3.52. The van der Waals surface area contributed by atoms with Gasteiger partial charge in [0.05, 0.1) is 12.2 Å². The fraction of sp³-hybridized carbons (Fsp3) is 0.250. The van der Waals surface area contributed by atoms with Crippen molar-refractivity contribution in [2.24, 2.45) is 0 Å². The Labute approximate surface area is 148 Å². The molecule has 1 aromatic carbocycles. The highest BCUT2D eigenvalue weighted by Gasteiger charge is 2.17. The van der Waals surface area contributed by atoms with Crippen molar-refractivity contribution in [3.8, 4) is 0 Å². The van der Waals surface area contributed by atoms with Crippen LogP contribution in [0.15, 0.2) is 60.9 Å². The number of aromatic nitrogens is 3. The summed E-state index contributed by atoms with van der Waals surface area (Å²) < 4.78 is 0. The molecule has 3 rings (SSSR count). The summed E-state index contributed by atoms with van der Waals surface area (Å²) in [7, 11) is 0. The third-order valence-electron chi connectivity index (χ3n) is 3.81. The second-order valence-electron chi connectivity index (χ2n) is 6.86. The monoisotopic (exact) mass is 333 g/mol. The Morgan fingerprint density at radius 1 is 0.880 bits per heavy atom. The molecule has 0 aliphatic heterocycles. The number of rotatable bonds is 5. The minimum Gasteiger partial charge on any atom is -0.349 e. The predicted molar refractivity (Wildman–Crippen MR) is 102 cm³/mol. The first-order chi connectivity index (χ1) is 12.0. The molecular formula is C20H23N5. The van der Waals surface area contributed by atoms with Crippen LogP contribution in [0.5, 0.6) is 0 Å². The zero-order valence-corrected chi connectivity index (χ0v) is 14.8. The maximum absolute atomic E-state index is 4.55. The summed E-state index contributed by atoms with van der Waals surface area (Å²) in [4.78, 5) is 13.1. The van der Waals surface area contributed by atoms with Crippen LogP contribution < -0.4 is 10.6 Å². The molecule has 128 valence electrons. The van der Waals surface area contributed by atoms with Gasteiger partial charge in [-0.1, -0.05) is 45.0 Å². The van der Waals surface area contributed by atoms with Gasteiger partial charge in [0.15, 0.2) is 0 Å². The molecule has 0 spiro atoms. The molecule has 0 amide bonds. The van der Waals surface area contributed by atoms with Crippen molar-refractivity contribution in [2.75, 3.05) is 10.6 Å². The molecule has 0 fully saturated rings. The molecule has 0 aliphatic rings. The number of nitrogens with one attached hydrogen (secondary N) is 2. The van der Waals surface area contributed by atoms with E-state index in [4.69, 9.17) is 0 Å². The molecule has 5 nitrogen and oxygen atoms in total. The summed E-state index contributed by atoms with van der Waals surface area (Å²) >= 11 is 0. The van der Waals surface area contributed by atoms with Gasteiger partial charge in [-0.2, -0.15) is 4.98 Å². The highest BCUT2D eigenvalue weighted by Crippen LogP contribution is 2.30. The van der Waals surface area contributed by atoms with Gasteiger partial charge in [-0.05, 0) is 35.2 Å². The van der Waals surface area contributed by atoms with Gasteiger partial charge in [-0.25, -0.2) is 4.98 Å². The molecule has 0 bridgehead atoms. The summed E-state index contributed by atoms with van der Waals surface area (Å²) in [5.74, 6) is 1.33. The van der Waals surface area contributed by atoms with E-state index < -0.39 is 0 Å². The van der Waals surface area contributed by atoms with Gasteiger partial charge >= 0.3 is 0 Å². The van der Waals surface area contributed by atoms with E-state index in [1.165, 1.54) is 5.56 Å². The Balaban J connectivity index is 1.74. The van der Waals surface area contributed by atoms with Crippen molar-refractivity contribution in [1.82, 2.24) is 15.0 Å². The zero-order valence-electron chi connectivity index (χ0n) is 14.8. The smallest absolute Gasteiger partial charge is 0.224 e. The lowest BCUT2D eigenvalue weighted by molar-refractivity contribution is 0.592. The molecule has 5 heteroatoms. The van der Waals surface area contributed by atoms with Crippen LogP contribution in [-0.2, 0) is 12.0 Å². The molecular weight excluding hydrogens is 310 g/mol. The predicted octanol–water partition coefficient (Wildman–Crippen LogP) is 4.52. The van der Waals surface area contributed by atoms with Crippen molar-refractivity contribution >= 4 is 17.5 Å². The molecule has 2 N–H and O–H groups in total. The van der Waals surface area contributed by atoms with Crippen LogP contribution in [0.3, 0.4) is 0 Å². The van der Waals surface area contributed by atoms with Crippen molar-refractivity contribution in [3.63, 3.8) is 0 Å². The van der Waals surface area contributed by atoms with E-state index in [0.29, 0.717) is 12.5 Å². The highest BCUT2D eigenvalue weighted by atomic mass is 15.1. The van der Waals surface area contributed by atoms with Crippen molar-refractivity contribution < 1.29 is 0 Å². The minimum atomic E-state index is 0.0523. The zero-order chi connectivity index (χ0) is 17.7. The standard InChI is InChI=1S/C20H23N5/c1-20(2,3)16-9-4-5-10-17(16)24-18-11-13-22-19(25-18)23-14-15-8-6-7-12-21-15/h4-13H,14H2,1-3H3,(H2,22,23,24,25). The van der Waals surface area contributed by atoms with Crippen LogP contribution in [0.2, 0.25) is 0 Å². The largest absolute Gasteiger partial charge is 0.349 e. The van der Waals surface area contributed by atoms with Gasteiger partial charge in [0.2, 0.25) is 5.95 Å². The highest BCUT2D eigenvalue weighted by molar-refractivity contribution is 5.62. The van der Waals surface area contributed by atoms with E-state index in [1.807, 2.05) is 30.3 Å². The van der Waals surface area contributed by atoms with Crippen molar-refractivity contribution in [3.05, 3.63) is 72.2 Å². The van der Waals surface area contributed by atoms with E-state index in [2.05, 4.69) is 64.6 Å². The van der Waals surface area contributed by atoms with E-state index in [1.54, 1.807) is 12.4 Å². The first kappa shape index (κ1) is 16.9. The van der Waals surface area contributed by atoms with Gasteiger partial charge in [0, 0.05) is 18.1 Å². The second kappa shape index (κ2) is 7.30. The summed E-state index contributed by atoms with van der Waals surface area (Å²) in [5, 5.41) is 6.62. The number of nitrogens with zero attached hydrogens (tertiary/aromatic N) is 3. The maximum atomic E-state index is 4.55. The van der Waals surface area contributed by atoms with Crippen LogP contribution in [0.4, 0.5) is 17.5 Å². The van der Waals surface area contributed by atoms with Crippen LogP contribution in [0.25, 0.3) is 0 Å². The second-order valence-corrected chi connectivity index (χ2v) is 6.86. The molecule has 0 saturated heterocycles. The quantitative estimate of drug-likeness (QED) is 0.718. The van der Waals surface area contributed by atoms with Gasteiger partial charge in [0.25, 0.3) is 0 Å². The lowest BCUT2D eigenvalue weighted by Crippen LogP contribution is -2.14. The minimum absolute atomic E-state index is 0.0523. The van der Waals surface area contributed by atoms with E-state index in [9.17, 15) is 0 Å². The molecule has 2 heterocycles. The lowest BCUT2D eigenvalue weighted by atomic mass is 9.86. The van der Waals surface area contributed by atoms with Gasteiger partial charge in [-0.15, -0.1) is 0 Å². The van der Waals surface area contributed by atoms with Crippen molar-refractivity contribution in [2.45, 2.75) is 32.7 Å². The molecule has 0 saturated carbocycles. The van der Waals surface area contributed by atoms with Gasteiger partial charge in [0.1, 0.15) is 5.82 Å². The molecule has 0 atom stereocenters. The average Bonchev–Trinajstić information content (AvgIpc) is 2.61.